The first-order chi connectivity index (χ1) is 6.61. The molecular formula is C9H9NO4. The predicted molar refractivity (Wildman–Crippen MR) is 45.1 cm³/mol. The van der Waals surface area contributed by atoms with E-state index < -0.39 is 23.8 Å². The maximum absolute atomic E-state index is 11.2. The SMILES string of the molecule is O=C(O)C(C1CC1)N1C(=O)C=CC1=O. The van der Waals surface area contributed by atoms with Gasteiger partial charge in [-0.05, 0) is 18.8 Å². The summed E-state index contributed by atoms with van der Waals surface area (Å²) < 4.78 is 0. The summed E-state index contributed by atoms with van der Waals surface area (Å²) in [6, 6.07) is -0.968. The zero-order chi connectivity index (χ0) is 10.3. The van der Waals surface area contributed by atoms with Crippen molar-refractivity contribution in [1.82, 2.24) is 4.90 Å². The quantitative estimate of drug-likeness (QED) is 0.631. The molecule has 1 aliphatic carbocycles. The van der Waals surface area contributed by atoms with Gasteiger partial charge >= 0.3 is 5.97 Å². The zero-order valence-electron chi connectivity index (χ0n) is 7.34. The van der Waals surface area contributed by atoms with Crippen molar-refractivity contribution in [1.29, 1.82) is 0 Å². The van der Waals surface area contributed by atoms with E-state index in [2.05, 4.69) is 0 Å². The van der Waals surface area contributed by atoms with E-state index in [4.69, 9.17) is 5.11 Å². The molecule has 1 N–H and O–H groups in total. The van der Waals surface area contributed by atoms with Crippen molar-refractivity contribution in [3.05, 3.63) is 12.2 Å². The van der Waals surface area contributed by atoms with Gasteiger partial charge in [0.15, 0.2) is 0 Å². The predicted octanol–water partition coefficient (Wildman–Crippen LogP) is -0.225. The van der Waals surface area contributed by atoms with Crippen molar-refractivity contribution in [2.24, 2.45) is 5.92 Å². The topological polar surface area (TPSA) is 74.7 Å². The number of imide groups is 1. The fraction of sp³-hybridized carbons (Fsp3) is 0.444. The molecule has 0 aromatic heterocycles. The lowest BCUT2D eigenvalue weighted by molar-refractivity contribution is -0.154. The van der Waals surface area contributed by atoms with Crippen LogP contribution in [0.15, 0.2) is 12.2 Å². The van der Waals surface area contributed by atoms with E-state index in [1.54, 1.807) is 0 Å². The molecule has 1 atom stereocenters. The minimum atomic E-state index is -1.10. The summed E-state index contributed by atoms with van der Waals surface area (Å²) in [6.45, 7) is 0. The number of carboxylic acids is 1. The third-order valence-electron chi connectivity index (χ3n) is 2.44. The lowest BCUT2D eigenvalue weighted by atomic mass is 10.1. The molecule has 14 heavy (non-hydrogen) atoms. The lowest BCUT2D eigenvalue weighted by Gasteiger charge is -2.21. The number of amides is 2. The van der Waals surface area contributed by atoms with E-state index in [0.29, 0.717) is 0 Å². The first-order valence-corrected chi connectivity index (χ1v) is 4.39. The van der Waals surface area contributed by atoms with Crippen LogP contribution in [-0.4, -0.2) is 33.8 Å². The molecule has 0 aromatic carbocycles. The molecule has 1 unspecified atom stereocenters. The van der Waals surface area contributed by atoms with Crippen LogP contribution in [0.2, 0.25) is 0 Å². The summed E-state index contributed by atoms with van der Waals surface area (Å²) >= 11 is 0. The molecule has 2 aliphatic rings. The van der Waals surface area contributed by atoms with Gasteiger partial charge in [-0.25, -0.2) is 4.79 Å². The molecule has 5 heteroatoms. The van der Waals surface area contributed by atoms with Crippen LogP contribution in [-0.2, 0) is 14.4 Å². The monoisotopic (exact) mass is 195 g/mol. The molecular weight excluding hydrogens is 186 g/mol. The van der Waals surface area contributed by atoms with Crippen LogP contribution >= 0.6 is 0 Å². The van der Waals surface area contributed by atoms with E-state index >= 15 is 0 Å². The van der Waals surface area contributed by atoms with Gasteiger partial charge < -0.3 is 5.11 Å². The van der Waals surface area contributed by atoms with Crippen LogP contribution in [0.1, 0.15) is 12.8 Å². The van der Waals surface area contributed by atoms with Gasteiger partial charge in [-0.15, -0.1) is 0 Å². The van der Waals surface area contributed by atoms with Crippen molar-refractivity contribution < 1.29 is 19.5 Å². The molecule has 5 nitrogen and oxygen atoms in total. The summed E-state index contributed by atoms with van der Waals surface area (Å²) in [5.41, 5.74) is 0. The summed E-state index contributed by atoms with van der Waals surface area (Å²) in [6.07, 6.45) is 3.77. The number of hydrogen-bond donors (Lipinski definition) is 1. The summed E-state index contributed by atoms with van der Waals surface area (Å²) in [5.74, 6) is -2.19. The molecule has 1 saturated carbocycles. The second-order valence-electron chi connectivity index (χ2n) is 3.50. The largest absolute Gasteiger partial charge is 0.480 e. The van der Waals surface area contributed by atoms with Gasteiger partial charge in [-0.2, -0.15) is 0 Å². The second kappa shape index (κ2) is 2.94. The van der Waals surface area contributed by atoms with Crippen LogP contribution in [0.4, 0.5) is 0 Å². The Kier molecular flexibility index (Phi) is 1.87. The van der Waals surface area contributed by atoms with E-state index in [9.17, 15) is 14.4 Å². The van der Waals surface area contributed by atoms with Crippen molar-refractivity contribution in [3.63, 3.8) is 0 Å². The Morgan fingerprint density at radius 3 is 2.21 bits per heavy atom. The van der Waals surface area contributed by atoms with Crippen LogP contribution in [0.3, 0.4) is 0 Å². The Labute approximate surface area is 80.0 Å². The van der Waals surface area contributed by atoms with Gasteiger partial charge in [0.2, 0.25) is 0 Å². The fourth-order valence-corrected chi connectivity index (χ4v) is 1.62. The standard InChI is InChI=1S/C9H9NO4/c11-6-3-4-7(12)10(6)8(9(13)14)5-1-2-5/h3-5,8H,1-2H2,(H,13,14). The Hall–Kier alpha value is -1.65. The van der Waals surface area contributed by atoms with Crippen molar-refractivity contribution >= 4 is 17.8 Å². The average Bonchev–Trinajstić information content (AvgIpc) is 2.87. The first-order valence-electron chi connectivity index (χ1n) is 4.39. The van der Waals surface area contributed by atoms with Gasteiger partial charge in [0.1, 0.15) is 6.04 Å². The van der Waals surface area contributed by atoms with Crippen LogP contribution in [0, 0.1) is 5.92 Å². The highest BCUT2D eigenvalue weighted by Gasteiger charge is 2.45. The Balaban J connectivity index is 2.22. The molecule has 2 amide bonds. The van der Waals surface area contributed by atoms with E-state index in [-0.39, 0.29) is 5.92 Å². The smallest absolute Gasteiger partial charge is 0.327 e. The second-order valence-corrected chi connectivity index (χ2v) is 3.50. The zero-order valence-corrected chi connectivity index (χ0v) is 7.34. The number of hydrogen-bond acceptors (Lipinski definition) is 3. The molecule has 0 radical (unpaired) electrons. The minimum absolute atomic E-state index is 0.0553. The molecule has 1 aliphatic heterocycles. The third-order valence-corrected chi connectivity index (χ3v) is 2.44. The summed E-state index contributed by atoms with van der Waals surface area (Å²) in [7, 11) is 0. The minimum Gasteiger partial charge on any atom is -0.480 e. The highest BCUT2D eigenvalue weighted by atomic mass is 16.4. The first kappa shape index (κ1) is 8.93. The van der Waals surface area contributed by atoms with Crippen LogP contribution in [0.5, 0.6) is 0 Å². The van der Waals surface area contributed by atoms with Crippen molar-refractivity contribution in [2.45, 2.75) is 18.9 Å². The number of nitrogens with zero attached hydrogens (tertiary/aromatic N) is 1. The van der Waals surface area contributed by atoms with Gasteiger partial charge in [0.05, 0.1) is 0 Å². The molecule has 0 aromatic rings. The molecule has 74 valence electrons. The summed E-state index contributed by atoms with van der Waals surface area (Å²) in [4.78, 5) is 34.2. The number of carboxylic acid groups (broad SMARTS) is 1. The van der Waals surface area contributed by atoms with Gasteiger partial charge in [0, 0.05) is 12.2 Å². The highest BCUT2D eigenvalue weighted by Crippen LogP contribution is 2.36. The maximum atomic E-state index is 11.2. The molecule has 1 fully saturated rings. The normalized spacial score (nSPS) is 23.0. The van der Waals surface area contributed by atoms with Gasteiger partial charge in [-0.1, -0.05) is 0 Å². The van der Waals surface area contributed by atoms with E-state index in [1.807, 2.05) is 0 Å². The maximum Gasteiger partial charge on any atom is 0.327 e. The molecule has 0 bridgehead atoms. The van der Waals surface area contributed by atoms with Crippen LogP contribution < -0.4 is 0 Å². The number of rotatable bonds is 3. The molecule has 1 heterocycles. The van der Waals surface area contributed by atoms with Crippen molar-refractivity contribution in [3.8, 4) is 0 Å². The Morgan fingerprint density at radius 1 is 1.36 bits per heavy atom. The number of carbonyl (C=O) groups is 3. The van der Waals surface area contributed by atoms with Crippen molar-refractivity contribution in [2.75, 3.05) is 0 Å². The number of carbonyl (C=O) groups excluding carboxylic acids is 2. The van der Waals surface area contributed by atoms with Crippen LogP contribution in [0.25, 0.3) is 0 Å². The lowest BCUT2D eigenvalue weighted by Crippen LogP contribution is -2.46. The highest BCUT2D eigenvalue weighted by molar-refractivity contribution is 6.14. The third kappa shape index (κ3) is 1.30. The Morgan fingerprint density at radius 2 is 1.86 bits per heavy atom. The van der Waals surface area contributed by atoms with Gasteiger partial charge in [-0.3, -0.25) is 14.5 Å². The summed E-state index contributed by atoms with van der Waals surface area (Å²) in [5, 5.41) is 8.91. The van der Waals surface area contributed by atoms with E-state index in [0.717, 1.165) is 29.9 Å². The number of aliphatic carboxylic acids is 1. The Bertz CT molecular complexity index is 325. The fourth-order valence-electron chi connectivity index (χ4n) is 1.62. The molecule has 2 rings (SSSR count). The molecule has 0 saturated heterocycles. The molecule has 0 spiro atoms. The average molecular weight is 195 g/mol. The van der Waals surface area contributed by atoms with Gasteiger partial charge in [0.25, 0.3) is 11.8 Å². The van der Waals surface area contributed by atoms with E-state index in [1.165, 1.54) is 0 Å².